The Bertz CT molecular complexity index is 741. The fraction of sp³-hybridized carbons (Fsp3) is 0.214. The molecule has 3 rings (SSSR count). The number of nitrogens with zero attached hydrogens (tertiary/aromatic N) is 3. The number of para-hydroxylation sites is 1. The van der Waals surface area contributed by atoms with Crippen LogP contribution in [0, 0.1) is 6.92 Å². The summed E-state index contributed by atoms with van der Waals surface area (Å²) in [5, 5.41) is 7.73. The van der Waals surface area contributed by atoms with Gasteiger partial charge in [-0.2, -0.15) is 0 Å². The highest BCUT2D eigenvalue weighted by molar-refractivity contribution is 7.09. The van der Waals surface area contributed by atoms with Crippen molar-refractivity contribution in [3.05, 3.63) is 45.6 Å². The van der Waals surface area contributed by atoms with E-state index in [1.54, 1.807) is 11.3 Å². The molecule has 0 spiro atoms. The van der Waals surface area contributed by atoms with Crippen LogP contribution in [0.5, 0.6) is 0 Å². The van der Waals surface area contributed by atoms with Crippen LogP contribution < -0.4 is 5.32 Å². The molecule has 0 aliphatic rings. The Kier molecular flexibility index (Phi) is 3.80. The van der Waals surface area contributed by atoms with Crippen LogP contribution in [0.25, 0.3) is 10.9 Å². The fourth-order valence-corrected chi connectivity index (χ4v) is 2.84. The number of rotatable bonds is 4. The molecule has 0 radical (unpaired) electrons. The van der Waals surface area contributed by atoms with Crippen molar-refractivity contribution in [3.63, 3.8) is 0 Å². The van der Waals surface area contributed by atoms with Crippen LogP contribution in [0.3, 0.4) is 0 Å². The minimum atomic E-state index is 0.260. The number of thiazole rings is 1. The van der Waals surface area contributed by atoms with Crippen molar-refractivity contribution >= 4 is 39.7 Å². The minimum Gasteiger partial charge on any atom is -0.369 e. The van der Waals surface area contributed by atoms with E-state index >= 15 is 0 Å². The average molecular weight is 305 g/mol. The van der Waals surface area contributed by atoms with Gasteiger partial charge in [-0.05, 0) is 30.7 Å². The van der Waals surface area contributed by atoms with Gasteiger partial charge in [0.1, 0.15) is 5.82 Å². The summed E-state index contributed by atoms with van der Waals surface area (Å²) in [5.74, 6) is 0.771. The molecule has 4 nitrogen and oxygen atoms in total. The molecule has 6 heteroatoms. The molecule has 0 aliphatic carbocycles. The van der Waals surface area contributed by atoms with Gasteiger partial charge in [-0.25, -0.2) is 15.0 Å². The lowest BCUT2D eigenvalue weighted by atomic mass is 10.2. The molecule has 2 heterocycles. The van der Waals surface area contributed by atoms with Crippen LogP contribution in [0.15, 0.2) is 29.6 Å². The van der Waals surface area contributed by atoms with E-state index in [0.29, 0.717) is 0 Å². The second-order valence-electron chi connectivity index (χ2n) is 4.39. The zero-order chi connectivity index (χ0) is 13.9. The maximum Gasteiger partial charge on any atom is 0.224 e. The van der Waals surface area contributed by atoms with Crippen molar-refractivity contribution in [2.24, 2.45) is 0 Å². The SMILES string of the molecule is Cc1nc(CCNc2nc(Cl)nc3ccccc23)cs1. The summed E-state index contributed by atoms with van der Waals surface area (Å²) in [6, 6.07) is 7.82. The van der Waals surface area contributed by atoms with E-state index in [1.807, 2.05) is 31.2 Å². The Morgan fingerprint density at radius 1 is 1.20 bits per heavy atom. The standard InChI is InChI=1S/C14H13ClN4S/c1-9-17-10(8-20-9)6-7-16-13-11-4-2-3-5-12(11)18-14(15)19-13/h2-5,8H,6-7H2,1H3,(H,16,18,19). The maximum atomic E-state index is 5.95. The molecule has 0 bridgehead atoms. The lowest BCUT2D eigenvalue weighted by Crippen LogP contribution is -2.07. The summed E-state index contributed by atoms with van der Waals surface area (Å²) in [7, 11) is 0. The van der Waals surface area contributed by atoms with Crippen LogP contribution in [0.1, 0.15) is 10.7 Å². The Balaban J connectivity index is 1.77. The highest BCUT2D eigenvalue weighted by atomic mass is 35.5. The van der Waals surface area contributed by atoms with E-state index < -0.39 is 0 Å². The van der Waals surface area contributed by atoms with E-state index in [-0.39, 0.29) is 5.28 Å². The van der Waals surface area contributed by atoms with Gasteiger partial charge in [0.05, 0.1) is 16.2 Å². The highest BCUT2D eigenvalue weighted by Gasteiger charge is 2.06. The Morgan fingerprint density at radius 2 is 2.05 bits per heavy atom. The van der Waals surface area contributed by atoms with Crippen LogP contribution in [-0.2, 0) is 6.42 Å². The van der Waals surface area contributed by atoms with Gasteiger partial charge in [-0.15, -0.1) is 11.3 Å². The maximum absolute atomic E-state index is 5.95. The summed E-state index contributed by atoms with van der Waals surface area (Å²) in [6.45, 7) is 2.78. The molecule has 0 aliphatic heterocycles. The first-order valence-corrected chi connectivity index (χ1v) is 7.55. The molecule has 102 valence electrons. The number of nitrogens with one attached hydrogen (secondary N) is 1. The molecule has 20 heavy (non-hydrogen) atoms. The molecule has 0 unspecified atom stereocenters. The molecule has 0 saturated heterocycles. The van der Waals surface area contributed by atoms with E-state index in [2.05, 4.69) is 25.6 Å². The van der Waals surface area contributed by atoms with Crippen molar-refractivity contribution < 1.29 is 0 Å². The third kappa shape index (κ3) is 2.89. The zero-order valence-electron chi connectivity index (χ0n) is 10.9. The zero-order valence-corrected chi connectivity index (χ0v) is 12.5. The second kappa shape index (κ2) is 5.73. The van der Waals surface area contributed by atoms with Gasteiger partial charge < -0.3 is 5.32 Å². The normalized spacial score (nSPS) is 10.9. The van der Waals surface area contributed by atoms with Crippen LogP contribution in [0.2, 0.25) is 5.28 Å². The number of aryl methyl sites for hydroxylation is 1. The second-order valence-corrected chi connectivity index (χ2v) is 5.79. The number of aromatic nitrogens is 3. The lowest BCUT2D eigenvalue weighted by molar-refractivity contribution is 0.961. The number of hydrogen-bond acceptors (Lipinski definition) is 5. The molecule has 2 aromatic heterocycles. The third-order valence-corrected chi connectivity index (χ3v) is 3.91. The first-order valence-electron chi connectivity index (χ1n) is 6.29. The van der Waals surface area contributed by atoms with Gasteiger partial charge in [0, 0.05) is 23.7 Å². The predicted octanol–water partition coefficient (Wildman–Crippen LogP) is 3.70. The van der Waals surface area contributed by atoms with Crippen LogP contribution in [-0.4, -0.2) is 21.5 Å². The minimum absolute atomic E-state index is 0.260. The molecule has 3 aromatic rings. The molecule has 0 amide bonds. The first kappa shape index (κ1) is 13.3. The average Bonchev–Trinajstić information content (AvgIpc) is 2.84. The number of halogens is 1. The molecule has 1 aromatic carbocycles. The number of hydrogen-bond donors (Lipinski definition) is 1. The van der Waals surface area contributed by atoms with Gasteiger partial charge in [0.15, 0.2) is 0 Å². The van der Waals surface area contributed by atoms with Gasteiger partial charge in [0.2, 0.25) is 5.28 Å². The van der Waals surface area contributed by atoms with Crippen molar-refractivity contribution in [2.75, 3.05) is 11.9 Å². The quantitative estimate of drug-likeness (QED) is 0.747. The van der Waals surface area contributed by atoms with Crippen molar-refractivity contribution in [1.82, 2.24) is 15.0 Å². The number of fused-ring (bicyclic) bond motifs is 1. The molecule has 0 saturated carbocycles. The smallest absolute Gasteiger partial charge is 0.224 e. The first-order chi connectivity index (χ1) is 9.72. The Labute approximate surface area is 125 Å². The fourth-order valence-electron chi connectivity index (χ4n) is 2.02. The summed E-state index contributed by atoms with van der Waals surface area (Å²) >= 11 is 7.62. The third-order valence-electron chi connectivity index (χ3n) is 2.92. The summed E-state index contributed by atoms with van der Waals surface area (Å²) < 4.78 is 0. The number of benzene rings is 1. The predicted molar refractivity (Wildman–Crippen MR) is 83.6 cm³/mol. The Hall–Kier alpha value is -1.72. The molecule has 0 atom stereocenters. The molecular formula is C14H13ClN4S. The largest absolute Gasteiger partial charge is 0.369 e. The van der Waals surface area contributed by atoms with Gasteiger partial charge in [0.25, 0.3) is 0 Å². The van der Waals surface area contributed by atoms with E-state index in [9.17, 15) is 0 Å². The van der Waals surface area contributed by atoms with Crippen molar-refractivity contribution in [3.8, 4) is 0 Å². The van der Waals surface area contributed by atoms with Gasteiger partial charge in [-0.1, -0.05) is 12.1 Å². The lowest BCUT2D eigenvalue weighted by Gasteiger charge is -2.08. The topological polar surface area (TPSA) is 50.7 Å². The van der Waals surface area contributed by atoms with Gasteiger partial charge in [-0.3, -0.25) is 0 Å². The van der Waals surface area contributed by atoms with E-state index in [1.165, 1.54) is 0 Å². The van der Waals surface area contributed by atoms with Crippen LogP contribution in [0.4, 0.5) is 5.82 Å². The highest BCUT2D eigenvalue weighted by Crippen LogP contribution is 2.21. The Morgan fingerprint density at radius 3 is 2.85 bits per heavy atom. The van der Waals surface area contributed by atoms with E-state index in [0.717, 1.165) is 40.4 Å². The monoisotopic (exact) mass is 304 g/mol. The van der Waals surface area contributed by atoms with Crippen molar-refractivity contribution in [1.29, 1.82) is 0 Å². The number of anilines is 1. The van der Waals surface area contributed by atoms with Crippen LogP contribution >= 0.6 is 22.9 Å². The summed E-state index contributed by atoms with van der Waals surface area (Å²) in [5.41, 5.74) is 1.95. The molecule has 1 N–H and O–H groups in total. The van der Waals surface area contributed by atoms with Gasteiger partial charge >= 0.3 is 0 Å². The molecular weight excluding hydrogens is 292 g/mol. The van der Waals surface area contributed by atoms with Crippen molar-refractivity contribution in [2.45, 2.75) is 13.3 Å². The summed E-state index contributed by atoms with van der Waals surface area (Å²) in [6.07, 6.45) is 0.861. The van der Waals surface area contributed by atoms with E-state index in [4.69, 9.17) is 11.6 Å². The summed E-state index contributed by atoms with van der Waals surface area (Å²) in [4.78, 5) is 12.9. The molecule has 0 fully saturated rings.